The molecule has 0 saturated carbocycles. The average molecular weight is 471 g/mol. The molecule has 4 aromatic rings. The SMILES string of the molecule is COc1ccccc1OCC(=O)N(CCCn1ccnc1)c1nc2c(C)c(Cl)ccc2s1. The maximum Gasteiger partial charge on any atom is 0.266 e. The van der Waals surface area contributed by atoms with Crippen molar-refractivity contribution in [1.29, 1.82) is 0 Å². The number of para-hydroxylation sites is 2. The molecular weight excluding hydrogens is 448 g/mol. The Bertz CT molecular complexity index is 1210. The fourth-order valence-electron chi connectivity index (χ4n) is 3.32. The molecule has 0 saturated heterocycles. The number of fused-ring (bicyclic) bond motifs is 1. The van der Waals surface area contributed by atoms with Crippen LogP contribution < -0.4 is 14.4 Å². The molecule has 0 spiro atoms. The highest BCUT2D eigenvalue weighted by molar-refractivity contribution is 7.22. The standard InChI is InChI=1S/C23H23ClN4O3S/c1-16-17(24)8-9-20-22(16)26-23(32-20)28(12-5-11-27-13-10-25-15-27)21(29)14-31-19-7-4-3-6-18(19)30-2/h3-4,6-10,13,15H,5,11-12,14H2,1-2H3. The number of anilines is 1. The minimum atomic E-state index is -0.177. The van der Waals surface area contributed by atoms with E-state index in [0.29, 0.717) is 28.2 Å². The van der Waals surface area contributed by atoms with Gasteiger partial charge < -0.3 is 14.0 Å². The predicted molar refractivity (Wildman–Crippen MR) is 127 cm³/mol. The quantitative estimate of drug-likeness (QED) is 0.345. The summed E-state index contributed by atoms with van der Waals surface area (Å²) >= 11 is 7.74. The van der Waals surface area contributed by atoms with Gasteiger partial charge in [-0.05, 0) is 43.2 Å². The molecule has 2 aromatic heterocycles. The van der Waals surface area contributed by atoms with Crippen LogP contribution in [0.5, 0.6) is 11.5 Å². The van der Waals surface area contributed by atoms with E-state index in [0.717, 1.165) is 28.7 Å². The number of benzene rings is 2. The van der Waals surface area contributed by atoms with Crippen LogP contribution in [-0.4, -0.2) is 40.7 Å². The Labute approximate surface area is 195 Å². The van der Waals surface area contributed by atoms with Gasteiger partial charge in [0.2, 0.25) is 0 Å². The van der Waals surface area contributed by atoms with Crippen molar-refractivity contribution in [3.8, 4) is 11.5 Å². The molecule has 7 nitrogen and oxygen atoms in total. The Balaban J connectivity index is 1.55. The Hall–Kier alpha value is -3.10. The van der Waals surface area contributed by atoms with E-state index >= 15 is 0 Å². The number of imidazole rings is 1. The molecule has 2 aromatic carbocycles. The van der Waals surface area contributed by atoms with Gasteiger partial charge in [-0.15, -0.1) is 0 Å². The lowest BCUT2D eigenvalue weighted by Crippen LogP contribution is -2.36. The molecular formula is C23H23ClN4O3S. The molecule has 4 rings (SSSR count). The summed E-state index contributed by atoms with van der Waals surface area (Å²) in [5, 5.41) is 1.29. The van der Waals surface area contributed by atoms with Crippen LogP contribution in [0.2, 0.25) is 5.02 Å². The molecule has 0 unspecified atom stereocenters. The highest BCUT2D eigenvalue weighted by Crippen LogP contribution is 2.34. The summed E-state index contributed by atoms with van der Waals surface area (Å²) in [6.45, 7) is 3.05. The number of aryl methyl sites for hydroxylation is 2. The summed E-state index contributed by atoms with van der Waals surface area (Å²) in [7, 11) is 1.57. The first kappa shape index (κ1) is 22.1. The molecule has 0 aliphatic carbocycles. The highest BCUT2D eigenvalue weighted by atomic mass is 35.5. The topological polar surface area (TPSA) is 69.5 Å². The van der Waals surface area contributed by atoms with E-state index in [2.05, 4.69) is 4.98 Å². The maximum absolute atomic E-state index is 13.2. The molecule has 0 atom stereocenters. The minimum absolute atomic E-state index is 0.124. The fourth-order valence-corrected chi connectivity index (χ4v) is 4.54. The number of carbonyl (C=O) groups excluding carboxylic acids is 1. The van der Waals surface area contributed by atoms with Gasteiger partial charge in [0.05, 0.1) is 23.7 Å². The molecule has 0 N–H and O–H groups in total. The van der Waals surface area contributed by atoms with Crippen molar-refractivity contribution in [1.82, 2.24) is 14.5 Å². The number of nitrogens with zero attached hydrogens (tertiary/aromatic N) is 4. The Morgan fingerprint density at radius 3 is 2.78 bits per heavy atom. The number of amides is 1. The van der Waals surface area contributed by atoms with Crippen LogP contribution in [0.15, 0.2) is 55.1 Å². The van der Waals surface area contributed by atoms with E-state index < -0.39 is 0 Å². The highest BCUT2D eigenvalue weighted by Gasteiger charge is 2.21. The van der Waals surface area contributed by atoms with E-state index in [4.69, 9.17) is 26.1 Å². The molecule has 0 aliphatic rings. The van der Waals surface area contributed by atoms with Gasteiger partial charge in [-0.3, -0.25) is 9.69 Å². The first-order chi connectivity index (χ1) is 15.6. The number of aromatic nitrogens is 3. The summed E-state index contributed by atoms with van der Waals surface area (Å²) in [5.74, 6) is 0.926. The minimum Gasteiger partial charge on any atom is -0.493 e. The van der Waals surface area contributed by atoms with Gasteiger partial charge in [0, 0.05) is 30.5 Å². The molecule has 9 heteroatoms. The van der Waals surface area contributed by atoms with Crippen LogP contribution in [0.25, 0.3) is 10.2 Å². The van der Waals surface area contributed by atoms with Crippen LogP contribution in [0.1, 0.15) is 12.0 Å². The van der Waals surface area contributed by atoms with Gasteiger partial charge >= 0.3 is 0 Å². The third kappa shape index (κ3) is 4.87. The lowest BCUT2D eigenvalue weighted by Gasteiger charge is -2.20. The normalized spacial score (nSPS) is 11.0. The molecule has 1 amide bonds. The van der Waals surface area contributed by atoms with Gasteiger partial charge in [0.15, 0.2) is 23.2 Å². The number of hydrogen-bond donors (Lipinski definition) is 0. The van der Waals surface area contributed by atoms with E-state index in [-0.39, 0.29) is 12.5 Å². The third-order valence-corrected chi connectivity index (χ3v) is 6.50. The van der Waals surface area contributed by atoms with Crippen molar-refractivity contribution in [2.24, 2.45) is 0 Å². The van der Waals surface area contributed by atoms with Gasteiger partial charge in [-0.1, -0.05) is 35.1 Å². The first-order valence-corrected chi connectivity index (χ1v) is 11.3. The van der Waals surface area contributed by atoms with Crippen molar-refractivity contribution >= 4 is 44.2 Å². The number of halogens is 1. The van der Waals surface area contributed by atoms with Crippen LogP contribution >= 0.6 is 22.9 Å². The predicted octanol–water partition coefficient (Wildman–Crippen LogP) is 4.97. The lowest BCUT2D eigenvalue weighted by atomic mass is 10.2. The Kier molecular flexibility index (Phi) is 6.92. The van der Waals surface area contributed by atoms with Crippen molar-refractivity contribution < 1.29 is 14.3 Å². The smallest absolute Gasteiger partial charge is 0.266 e. The second-order valence-corrected chi connectivity index (χ2v) is 8.57. The third-order valence-electron chi connectivity index (χ3n) is 5.05. The summed E-state index contributed by atoms with van der Waals surface area (Å²) < 4.78 is 14.1. The number of carbonyl (C=O) groups is 1. The van der Waals surface area contributed by atoms with Crippen molar-refractivity contribution in [3.05, 3.63) is 65.7 Å². The van der Waals surface area contributed by atoms with Crippen LogP contribution in [-0.2, 0) is 11.3 Å². The lowest BCUT2D eigenvalue weighted by molar-refractivity contribution is -0.120. The number of ether oxygens (including phenoxy) is 2. The monoisotopic (exact) mass is 470 g/mol. The van der Waals surface area contributed by atoms with Crippen molar-refractivity contribution in [2.45, 2.75) is 19.9 Å². The summed E-state index contributed by atoms with van der Waals surface area (Å²) in [5.41, 5.74) is 1.72. The molecule has 2 heterocycles. The van der Waals surface area contributed by atoms with Crippen molar-refractivity contribution in [3.63, 3.8) is 0 Å². The summed E-state index contributed by atoms with van der Waals surface area (Å²) in [6, 6.07) is 11.1. The zero-order chi connectivity index (χ0) is 22.5. The van der Waals surface area contributed by atoms with E-state index in [9.17, 15) is 4.79 Å². The summed E-state index contributed by atoms with van der Waals surface area (Å²) in [6.07, 6.45) is 6.15. The van der Waals surface area contributed by atoms with E-state index in [1.807, 2.05) is 42.0 Å². The fraction of sp³-hybridized carbons (Fsp3) is 0.261. The van der Waals surface area contributed by atoms with E-state index in [1.165, 1.54) is 11.3 Å². The van der Waals surface area contributed by atoms with Gasteiger partial charge in [-0.25, -0.2) is 9.97 Å². The largest absolute Gasteiger partial charge is 0.493 e. The number of rotatable bonds is 9. The van der Waals surface area contributed by atoms with Crippen LogP contribution in [0.4, 0.5) is 5.13 Å². The average Bonchev–Trinajstić information content (AvgIpc) is 3.48. The second kappa shape index (κ2) is 10.0. The Morgan fingerprint density at radius 1 is 1.22 bits per heavy atom. The molecule has 166 valence electrons. The van der Waals surface area contributed by atoms with Crippen molar-refractivity contribution in [2.75, 3.05) is 25.2 Å². The Morgan fingerprint density at radius 2 is 2.03 bits per heavy atom. The molecule has 32 heavy (non-hydrogen) atoms. The molecule has 0 aliphatic heterocycles. The van der Waals surface area contributed by atoms with Gasteiger partial charge in [-0.2, -0.15) is 0 Å². The van der Waals surface area contributed by atoms with E-state index in [1.54, 1.807) is 36.7 Å². The zero-order valence-corrected chi connectivity index (χ0v) is 19.4. The molecule has 0 bridgehead atoms. The summed E-state index contributed by atoms with van der Waals surface area (Å²) in [4.78, 5) is 23.7. The second-order valence-electron chi connectivity index (χ2n) is 7.15. The van der Waals surface area contributed by atoms with Gasteiger partial charge in [0.25, 0.3) is 5.91 Å². The zero-order valence-electron chi connectivity index (χ0n) is 17.8. The first-order valence-electron chi connectivity index (χ1n) is 10.1. The number of hydrogen-bond acceptors (Lipinski definition) is 6. The number of thiazole rings is 1. The number of methoxy groups -OCH3 is 1. The molecule has 0 fully saturated rings. The van der Waals surface area contributed by atoms with Gasteiger partial charge in [0.1, 0.15) is 0 Å². The molecule has 0 radical (unpaired) electrons. The van der Waals surface area contributed by atoms with Crippen LogP contribution in [0.3, 0.4) is 0 Å². The maximum atomic E-state index is 13.2. The van der Waals surface area contributed by atoms with Crippen LogP contribution in [0, 0.1) is 6.92 Å².